The van der Waals surface area contributed by atoms with Crippen molar-refractivity contribution < 1.29 is 9.18 Å². The number of carbonyl (C=O) groups is 1. The van der Waals surface area contributed by atoms with Crippen molar-refractivity contribution in [3.8, 4) is 0 Å². The number of amides is 1. The van der Waals surface area contributed by atoms with Gasteiger partial charge in [0.05, 0.1) is 0 Å². The molecule has 0 spiro atoms. The average Bonchev–Trinajstić information content (AvgIpc) is 2.24. The zero-order valence-corrected chi connectivity index (χ0v) is 10.6. The van der Waals surface area contributed by atoms with Gasteiger partial charge in [-0.25, -0.2) is 4.39 Å². The minimum Gasteiger partial charge on any atom is -0.335 e. The number of likely N-dealkylation sites (N-methyl/N-ethyl adjacent to an activating group) is 1. The van der Waals surface area contributed by atoms with Crippen molar-refractivity contribution in [2.75, 3.05) is 13.1 Å². The molecule has 0 fully saturated rings. The number of carbonyl (C=O) groups excluding carboxylic acids is 1. The molecule has 0 N–H and O–H groups in total. The largest absolute Gasteiger partial charge is 0.335 e. The highest BCUT2D eigenvalue weighted by atomic mass is 19.1. The first-order chi connectivity index (χ1) is 7.95. The maximum atomic E-state index is 13.0. The lowest BCUT2D eigenvalue weighted by atomic mass is 10.1. The van der Waals surface area contributed by atoms with Crippen molar-refractivity contribution in [2.24, 2.45) is 0 Å². The first-order valence-corrected chi connectivity index (χ1v) is 5.65. The molecule has 0 unspecified atom stereocenters. The van der Waals surface area contributed by atoms with Crippen LogP contribution in [0.1, 0.15) is 29.8 Å². The Hall–Kier alpha value is -1.64. The van der Waals surface area contributed by atoms with Crippen molar-refractivity contribution in [1.82, 2.24) is 4.90 Å². The van der Waals surface area contributed by atoms with Gasteiger partial charge in [-0.05, 0) is 44.5 Å². The fourth-order valence-electron chi connectivity index (χ4n) is 1.69. The summed E-state index contributed by atoms with van der Waals surface area (Å²) in [6.45, 7) is 10.5. The molecule has 0 heterocycles. The monoisotopic (exact) mass is 235 g/mol. The summed E-state index contributed by atoms with van der Waals surface area (Å²) in [6.07, 6.45) is 0. The number of hydrogen-bond acceptors (Lipinski definition) is 1. The van der Waals surface area contributed by atoms with E-state index in [0.717, 1.165) is 5.57 Å². The van der Waals surface area contributed by atoms with Gasteiger partial charge in [-0.3, -0.25) is 4.79 Å². The summed E-state index contributed by atoms with van der Waals surface area (Å²) >= 11 is 0. The number of benzene rings is 1. The third kappa shape index (κ3) is 3.41. The molecule has 1 aromatic carbocycles. The fourth-order valence-corrected chi connectivity index (χ4v) is 1.69. The van der Waals surface area contributed by atoms with Gasteiger partial charge < -0.3 is 4.90 Å². The van der Waals surface area contributed by atoms with E-state index < -0.39 is 0 Å². The summed E-state index contributed by atoms with van der Waals surface area (Å²) in [4.78, 5) is 13.9. The summed E-state index contributed by atoms with van der Waals surface area (Å²) < 4.78 is 13.0. The van der Waals surface area contributed by atoms with E-state index in [4.69, 9.17) is 0 Å². The van der Waals surface area contributed by atoms with Crippen molar-refractivity contribution >= 4 is 5.91 Å². The normalized spacial score (nSPS) is 10.1. The van der Waals surface area contributed by atoms with E-state index in [1.54, 1.807) is 11.8 Å². The highest BCUT2D eigenvalue weighted by Crippen LogP contribution is 2.13. The highest BCUT2D eigenvalue weighted by molar-refractivity contribution is 5.95. The number of aryl methyl sites for hydroxylation is 1. The summed E-state index contributed by atoms with van der Waals surface area (Å²) in [6, 6.07) is 4.23. The molecular formula is C14H18FNO. The molecule has 3 heteroatoms. The van der Waals surface area contributed by atoms with Crippen LogP contribution in [-0.4, -0.2) is 23.9 Å². The van der Waals surface area contributed by atoms with Gasteiger partial charge in [-0.15, -0.1) is 0 Å². The molecule has 17 heavy (non-hydrogen) atoms. The third-order valence-corrected chi connectivity index (χ3v) is 2.55. The zero-order chi connectivity index (χ0) is 13.0. The lowest BCUT2D eigenvalue weighted by molar-refractivity contribution is 0.0777. The van der Waals surface area contributed by atoms with Gasteiger partial charge in [-0.1, -0.05) is 12.2 Å². The SMILES string of the molecule is C=C(C)CN(CC)C(=O)c1ccc(F)cc1C. The van der Waals surface area contributed by atoms with Crippen LogP contribution in [0.3, 0.4) is 0 Å². The lowest BCUT2D eigenvalue weighted by Gasteiger charge is -2.21. The van der Waals surface area contributed by atoms with Crippen LogP contribution < -0.4 is 0 Å². The topological polar surface area (TPSA) is 20.3 Å². The quantitative estimate of drug-likeness (QED) is 0.734. The van der Waals surface area contributed by atoms with Gasteiger partial charge >= 0.3 is 0 Å². The van der Waals surface area contributed by atoms with Crippen LogP contribution in [0.2, 0.25) is 0 Å². The van der Waals surface area contributed by atoms with E-state index in [2.05, 4.69) is 6.58 Å². The number of rotatable bonds is 4. The fraction of sp³-hybridized carbons (Fsp3) is 0.357. The van der Waals surface area contributed by atoms with E-state index in [1.165, 1.54) is 18.2 Å². The van der Waals surface area contributed by atoms with Crippen LogP contribution in [0.4, 0.5) is 4.39 Å². The summed E-state index contributed by atoms with van der Waals surface area (Å²) in [5, 5.41) is 0. The highest BCUT2D eigenvalue weighted by Gasteiger charge is 2.16. The van der Waals surface area contributed by atoms with Crippen molar-refractivity contribution in [1.29, 1.82) is 0 Å². The Morgan fingerprint density at radius 2 is 2.12 bits per heavy atom. The maximum absolute atomic E-state index is 13.0. The van der Waals surface area contributed by atoms with E-state index in [1.807, 2.05) is 13.8 Å². The van der Waals surface area contributed by atoms with E-state index in [0.29, 0.717) is 24.2 Å². The zero-order valence-electron chi connectivity index (χ0n) is 10.6. The number of hydrogen-bond donors (Lipinski definition) is 0. The molecular weight excluding hydrogens is 217 g/mol. The first-order valence-electron chi connectivity index (χ1n) is 5.65. The van der Waals surface area contributed by atoms with Crippen LogP contribution in [0.25, 0.3) is 0 Å². The van der Waals surface area contributed by atoms with Crippen LogP contribution in [-0.2, 0) is 0 Å². The Morgan fingerprint density at radius 1 is 1.47 bits per heavy atom. The Morgan fingerprint density at radius 3 is 2.59 bits per heavy atom. The van der Waals surface area contributed by atoms with Crippen molar-refractivity contribution in [3.05, 3.63) is 47.3 Å². The van der Waals surface area contributed by atoms with Crippen LogP contribution in [0.15, 0.2) is 30.4 Å². The molecule has 0 saturated heterocycles. The van der Waals surface area contributed by atoms with Gasteiger partial charge in [0, 0.05) is 18.7 Å². The Balaban J connectivity index is 2.97. The molecule has 0 radical (unpaired) electrons. The Bertz CT molecular complexity index is 440. The second-order valence-corrected chi connectivity index (χ2v) is 4.24. The molecule has 0 aromatic heterocycles. The molecule has 92 valence electrons. The lowest BCUT2D eigenvalue weighted by Crippen LogP contribution is -2.32. The Kier molecular flexibility index (Phi) is 4.44. The van der Waals surface area contributed by atoms with Gasteiger partial charge in [-0.2, -0.15) is 0 Å². The summed E-state index contributed by atoms with van der Waals surface area (Å²) in [7, 11) is 0. The molecule has 0 saturated carbocycles. The van der Waals surface area contributed by atoms with Crippen LogP contribution in [0.5, 0.6) is 0 Å². The predicted octanol–water partition coefficient (Wildman–Crippen LogP) is 3.17. The van der Waals surface area contributed by atoms with Gasteiger partial charge in [0.15, 0.2) is 0 Å². The van der Waals surface area contributed by atoms with Gasteiger partial charge in [0.25, 0.3) is 5.91 Å². The summed E-state index contributed by atoms with van der Waals surface area (Å²) in [5.41, 5.74) is 2.14. The van der Waals surface area contributed by atoms with Gasteiger partial charge in [0.1, 0.15) is 5.82 Å². The van der Waals surface area contributed by atoms with E-state index in [-0.39, 0.29) is 11.7 Å². The van der Waals surface area contributed by atoms with E-state index in [9.17, 15) is 9.18 Å². The third-order valence-electron chi connectivity index (χ3n) is 2.55. The molecule has 1 aromatic rings. The van der Waals surface area contributed by atoms with Crippen LogP contribution in [0, 0.1) is 12.7 Å². The predicted molar refractivity (Wildman–Crippen MR) is 67.5 cm³/mol. The van der Waals surface area contributed by atoms with Crippen molar-refractivity contribution in [3.63, 3.8) is 0 Å². The smallest absolute Gasteiger partial charge is 0.254 e. The molecule has 0 aliphatic heterocycles. The molecule has 0 bridgehead atoms. The molecule has 1 rings (SSSR count). The minimum absolute atomic E-state index is 0.0759. The average molecular weight is 235 g/mol. The molecule has 0 atom stereocenters. The number of halogens is 1. The number of nitrogens with zero attached hydrogens (tertiary/aromatic N) is 1. The standard InChI is InChI=1S/C14H18FNO/c1-5-16(9-10(2)3)14(17)13-7-6-12(15)8-11(13)4/h6-8H,2,5,9H2,1,3-4H3. The molecule has 0 aliphatic rings. The Labute approximate surface area is 102 Å². The second-order valence-electron chi connectivity index (χ2n) is 4.24. The molecule has 0 aliphatic carbocycles. The summed E-state index contributed by atoms with van der Waals surface area (Å²) in [5.74, 6) is -0.394. The minimum atomic E-state index is -0.318. The second kappa shape index (κ2) is 5.62. The molecule has 1 amide bonds. The molecule has 2 nitrogen and oxygen atoms in total. The maximum Gasteiger partial charge on any atom is 0.254 e. The first kappa shape index (κ1) is 13.4. The van der Waals surface area contributed by atoms with Crippen molar-refractivity contribution in [2.45, 2.75) is 20.8 Å². The van der Waals surface area contributed by atoms with E-state index >= 15 is 0 Å². The van der Waals surface area contributed by atoms with Gasteiger partial charge in [0.2, 0.25) is 0 Å². The van der Waals surface area contributed by atoms with Crippen LogP contribution >= 0.6 is 0 Å².